The molecule has 13 nitrogen and oxygen atoms in total. The molecule has 24 heteroatoms. The minimum absolute atomic E-state index is 0. The number of pyridine rings is 2. The molecule has 0 spiro atoms. The van der Waals surface area contributed by atoms with Gasteiger partial charge in [0.05, 0.1) is 23.8 Å². The first-order valence-corrected chi connectivity index (χ1v) is 15.3. The fraction of sp³-hybridized carbons (Fsp3) is 0.333. The lowest BCUT2D eigenvalue weighted by molar-refractivity contribution is -0.237. The fourth-order valence-electron chi connectivity index (χ4n) is 4.08. The van der Waals surface area contributed by atoms with Gasteiger partial charge in [0.1, 0.15) is 0 Å². The van der Waals surface area contributed by atoms with E-state index in [1.54, 1.807) is 0 Å². The molecule has 0 aromatic carbocycles. The molecule has 290 valence electrons. The molecule has 6 rings (SSSR count). The number of nitrogens with zero attached hydrogens (tertiary/aromatic N) is 10. The zero-order valence-corrected chi connectivity index (χ0v) is 28.4. The third-order valence-corrected chi connectivity index (χ3v) is 7.29. The minimum Gasteiger partial charge on any atom is -0.465 e. The Morgan fingerprint density at radius 2 is 1.00 bits per heavy atom. The maximum absolute atomic E-state index is 13.8. The molecular weight excluding hydrogens is 818 g/mol. The summed E-state index contributed by atoms with van der Waals surface area (Å²) in [6.45, 7) is 1.72. The fourth-order valence-corrected chi connectivity index (χ4v) is 4.35. The summed E-state index contributed by atoms with van der Waals surface area (Å²) in [7, 11) is 0.827. The molecule has 6 aromatic rings. The van der Waals surface area contributed by atoms with E-state index in [4.69, 9.17) is 9.47 Å². The van der Waals surface area contributed by atoms with Crippen molar-refractivity contribution < 1.29 is 58.1 Å². The first-order chi connectivity index (χ1) is 24.7. The average molecular weight is 843 g/mol. The number of hydrogen-bond acceptors (Lipinski definition) is 11. The lowest BCUT2D eigenvalue weighted by atomic mass is 10.2. The van der Waals surface area contributed by atoms with Crippen LogP contribution < -0.4 is 9.47 Å². The molecule has 0 N–H and O–H groups in total. The van der Waals surface area contributed by atoms with E-state index in [9.17, 15) is 43.9 Å². The number of ether oxygens (including phenoxy) is 3. The lowest BCUT2D eigenvalue weighted by Gasteiger charge is -2.16. The lowest BCUT2D eigenvalue weighted by Crippen LogP contribution is -2.31. The molecule has 0 radical (unpaired) electrons. The Morgan fingerprint density at radius 1 is 0.593 bits per heavy atom. The Hall–Kier alpha value is -5.26. The Balaban J connectivity index is 0.000000236. The third kappa shape index (κ3) is 9.45. The SMILES string of the molecule is C.COC(F)(F)c1nnc2cnc(-c3ccc(O[C@H](C)C(F)(F)F)nc3)cn12.C[C@@H](Oc1ccc(-c2cn3c(C(F)(F)Br)nnc3cn2)cn1)C(F)(F)F. The molecule has 0 aliphatic heterocycles. The molecule has 0 saturated carbocycles. The van der Waals surface area contributed by atoms with Gasteiger partial charge in [0.15, 0.2) is 23.5 Å². The van der Waals surface area contributed by atoms with Crippen LogP contribution in [-0.4, -0.2) is 80.8 Å². The van der Waals surface area contributed by atoms with E-state index in [0.717, 1.165) is 29.8 Å². The molecule has 2 atom stereocenters. The summed E-state index contributed by atoms with van der Waals surface area (Å²) in [5, 5.41) is 14.0. The highest BCUT2D eigenvalue weighted by atomic mass is 79.9. The monoisotopic (exact) mass is 842 g/mol. The van der Waals surface area contributed by atoms with Gasteiger partial charge in [0.25, 0.3) is 0 Å². The Bertz CT molecular complexity index is 2180. The smallest absolute Gasteiger partial charge is 0.425 e. The van der Waals surface area contributed by atoms with Crippen LogP contribution in [0, 0.1) is 0 Å². The van der Waals surface area contributed by atoms with E-state index < -0.39 is 47.1 Å². The Morgan fingerprint density at radius 3 is 1.35 bits per heavy atom. The minimum atomic E-state index is -4.52. The van der Waals surface area contributed by atoms with Crippen molar-refractivity contribution in [2.75, 3.05) is 7.11 Å². The first kappa shape index (κ1) is 41.5. The topological polar surface area (TPSA) is 140 Å². The van der Waals surface area contributed by atoms with Crippen molar-refractivity contribution in [1.29, 1.82) is 0 Å². The second-order valence-corrected chi connectivity index (χ2v) is 11.6. The molecule has 0 aliphatic rings. The van der Waals surface area contributed by atoms with Crippen LogP contribution >= 0.6 is 15.9 Å². The number of rotatable bonds is 9. The van der Waals surface area contributed by atoms with E-state index in [2.05, 4.69) is 61.0 Å². The number of methoxy groups -OCH3 is 1. The summed E-state index contributed by atoms with van der Waals surface area (Å²) in [6, 6.07) is 5.27. The summed E-state index contributed by atoms with van der Waals surface area (Å²) in [5.74, 6) is -1.84. The summed E-state index contributed by atoms with van der Waals surface area (Å²) >= 11 is 2.22. The van der Waals surface area contributed by atoms with Gasteiger partial charge in [-0.15, -0.1) is 20.4 Å². The maximum atomic E-state index is 13.8. The van der Waals surface area contributed by atoms with E-state index >= 15 is 0 Å². The van der Waals surface area contributed by atoms with Gasteiger partial charge in [-0.2, -0.15) is 43.9 Å². The number of aromatic nitrogens is 10. The van der Waals surface area contributed by atoms with Crippen molar-refractivity contribution in [2.24, 2.45) is 0 Å². The molecule has 0 bridgehead atoms. The van der Waals surface area contributed by atoms with Crippen LogP contribution in [0.5, 0.6) is 11.8 Å². The largest absolute Gasteiger partial charge is 0.465 e. The normalized spacial score (nSPS) is 13.5. The summed E-state index contributed by atoms with van der Waals surface area (Å²) in [6.07, 6.45) is -9.34. The van der Waals surface area contributed by atoms with Crippen LogP contribution in [0.3, 0.4) is 0 Å². The molecule has 0 fully saturated rings. The van der Waals surface area contributed by atoms with Gasteiger partial charge >= 0.3 is 23.3 Å². The molecule has 6 aromatic heterocycles. The van der Waals surface area contributed by atoms with Crippen molar-refractivity contribution in [3.05, 3.63) is 73.1 Å². The van der Waals surface area contributed by atoms with Crippen molar-refractivity contribution in [1.82, 2.24) is 49.1 Å². The Labute approximate surface area is 305 Å². The number of halogens is 11. The van der Waals surface area contributed by atoms with Gasteiger partial charge in [-0.3, -0.25) is 18.8 Å². The average Bonchev–Trinajstić information content (AvgIpc) is 3.73. The molecular formula is C30H25BrF10N10O3. The van der Waals surface area contributed by atoms with Crippen molar-refractivity contribution in [3.8, 4) is 34.3 Å². The summed E-state index contributed by atoms with van der Waals surface area (Å²) < 4.78 is 145. The molecule has 0 aliphatic carbocycles. The quantitative estimate of drug-likeness (QED) is 0.104. The predicted octanol–water partition coefficient (Wildman–Crippen LogP) is 7.81. The van der Waals surface area contributed by atoms with Crippen LogP contribution in [0.2, 0.25) is 0 Å². The third-order valence-electron chi connectivity index (χ3n) is 6.94. The zero-order valence-electron chi connectivity index (χ0n) is 26.8. The van der Waals surface area contributed by atoms with Gasteiger partial charge in [-0.1, -0.05) is 7.43 Å². The second kappa shape index (κ2) is 15.6. The molecule has 0 amide bonds. The van der Waals surface area contributed by atoms with E-state index in [-0.39, 0.29) is 41.9 Å². The van der Waals surface area contributed by atoms with Crippen molar-refractivity contribution >= 4 is 27.2 Å². The number of alkyl halides is 11. The predicted molar refractivity (Wildman–Crippen MR) is 171 cm³/mol. The van der Waals surface area contributed by atoms with Gasteiger partial charge in [0.2, 0.25) is 23.4 Å². The van der Waals surface area contributed by atoms with Crippen molar-refractivity contribution in [2.45, 2.75) is 56.8 Å². The van der Waals surface area contributed by atoms with Gasteiger partial charge in [-0.05, 0) is 41.9 Å². The van der Waals surface area contributed by atoms with Crippen LogP contribution in [0.4, 0.5) is 43.9 Å². The first-order valence-electron chi connectivity index (χ1n) is 14.5. The highest BCUT2D eigenvalue weighted by Gasteiger charge is 2.40. The molecule has 0 unspecified atom stereocenters. The highest BCUT2D eigenvalue weighted by molar-refractivity contribution is 9.09. The van der Waals surface area contributed by atoms with Crippen LogP contribution in [0.25, 0.3) is 33.8 Å². The van der Waals surface area contributed by atoms with E-state index in [1.165, 1.54) is 61.4 Å². The highest BCUT2D eigenvalue weighted by Crippen LogP contribution is 2.34. The molecule has 54 heavy (non-hydrogen) atoms. The summed E-state index contributed by atoms with van der Waals surface area (Å²) in [5.41, 5.74) is 1.39. The van der Waals surface area contributed by atoms with Gasteiger partial charge < -0.3 is 14.2 Å². The maximum Gasteiger partial charge on any atom is 0.425 e. The van der Waals surface area contributed by atoms with Crippen LogP contribution in [0.1, 0.15) is 32.9 Å². The number of fused-ring (bicyclic) bond motifs is 2. The van der Waals surface area contributed by atoms with Crippen molar-refractivity contribution in [3.63, 3.8) is 0 Å². The van der Waals surface area contributed by atoms with E-state index in [1.807, 2.05) is 0 Å². The zero-order chi connectivity index (χ0) is 38.9. The standard InChI is InChI=1S/C15H12F5N5O2.C14H9BrF5N5O.CH4/c1-8(14(16,17)18)27-12-4-3-9(5-22-12)10-7-25-11(6-21-10)23-24-13(25)15(19,20)26-2;1-7(14(18,19)20)26-11-3-2-8(4-22-11)9-6-25-10(5-21-9)23-24-12(25)13(15,16)17;/h3-8H,1-2H3;2-7H,1H3;1H4/t8-;7-;/m11./s1. The van der Waals surface area contributed by atoms with E-state index in [0.29, 0.717) is 11.1 Å². The van der Waals surface area contributed by atoms with Gasteiger partial charge in [-0.25, -0.2) is 9.97 Å². The van der Waals surface area contributed by atoms with Gasteiger partial charge in [0, 0.05) is 55.2 Å². The molecule has 6 heterocycles. The number of hydrogen-bond donors (Lipinski definition) is 0. The van der Waals surface area contributed by atoms with Crippen LogP contribution in [-0.2, 0) is 15.7 Å². The Kier molecular flexibility index (Phi) is 12.0. The molecule has 0 saturated heterocycles. The van der Waals surface area contributed by atoms with Crippen LogP contribution in [0.15, 0.2) is 61.4 Å². The summed E-state index contributed by atoms with van der Waals surface area (Å²) in [4.78, 5) is 12.3. The second-order valence-electron chi connectivity index (χ2n) is 10.6.